The van der Waals surface area contributed by atoms with Crippen molar-refractivity contribution in [2.75, 3.05) is 13.1 Å². The fraction of sp³-hybridized carbons (Fsp3) is 0.778. The van der Waals surface area contributed by atoms with E-state index in [4.69, 9.17) is 5.11 Å². The molecule has 0 aromatic heterocycles. The fourth-order valence-corrected chi connectivity index (χ4v) is 1.11. The molecule has 0 aromatic carbocycles. The number of aliphatic carboxylic acids is 1. The first-order chi connectivity index (χ1) is 6.56. The van der Waals surface area contributed by atoms with Gasteiger partial charge < -0.3 is 10.4 Å². The van der Waals surface area contributed by atoms with Gasteiger partial charge in [-0.2, -0.15) is 0 Å². The van der Waals surface area contributed by atoms with Crippen LogP contribution in [0.25, 0.3) is 0 Å². The number of rotatable bonds is 7. The molecule has 5 nitrogen and oxygen atoms in total. The molecule has 82 valence electrons. The summed E-state index contributed by atoms with van der Waals surface area (Å²) in [5, 5.41) is 13.6. The SMILES string of the molecule is CCCC(C)NC(=O)CNCC(=O)O. The Labute approximate surface area is 83.9 Å². The van der Waals surface area contributed by atoms with E-state index in [1.54, 1.807) is 0 Å². The maximum Gasteiger partial charge on any atom is 0.317 e. The third-order valence-electron chi connectivity index (χ3n) is 1.69. The molecule has 5 heteroatoms. The van der Waals surface area contributed by atoms with Crippen LogP contribution < -0.4 is 10.6 Å². The van der Waals surface area contributed by atoms with E-state index in [0.29, 0.717) is 0 Å². The number of carboxylic acids is 1. The molecule has 0 rings (SSSR count). The van der Waals surface area contributed by atoms with E-state index in [1.807, 2.05) is 13.8 Å². The van der Waals surface area contributed by atoms with Crippen molar-refractivity contribution >= 4 is 11.9 Å². The zero-order chi connectivity index (χ0) is 11.0. The summed E-state index contributed by atoms with van der Waals surface area (Å²) in [6.45, 7) is 3.85. The van der Waals surface area contributed by atoms with Gasteiger partial charge in [0.15, 0.2) is 0 Å². The second kappa shape index (κ2) is 7.32. The minimum absolute atomic E-state index is 0.0559. The first-order valence-corrected chi connectivity index (χ1v) is 4.78. The number of carbonyl (C=O) groups excluding carboxylic acids is 1. The Bertz CT molecular complexity index is 194. The van der Waals surface area contributed by atoms with Gasteiger partial charge in [0.1, 0.15) is 0 Å². The minimum atomic E-state index is -0.959. The van der Waals surface area contributed by atoms with E-state index >= 15 is 0 Å². The average Bonchev–Trinajstić information content (AvgIpc) is 2.03. The third-order valence-corrected chi connectivity index (χ3v) is 1.69. The van der Waals surface area contributed by atoms with Crippen LogP contribution in [0.4, 0.5) is 0 Å². The summed E-state index contributed by atoms with van der Waals surface area (Å²) in [4.78, 5) is 21.3. The van der Waals surface area contributed by atoms with E-state index in [0.717, 1.165) is 12.8 Å². The highest BCUT2D eigenvalue weighted by molar-refractivity contribution is 5.79. The van der Waals surface area contributed by atoms with Crippen molar-refractivity contribution in [1.82, 2.24) is 10.6 Å². The van der Waals surface area contributed by atoms with Crippen molar-refractivity contribution in [2.24, 2.45) is 0 Å². The Morgan fingerprint density at radius 3 is 2.50 bits per heavy atom. The summed E-state index contributed by atoms with van der Waals surface area (Å²) in [6.07, 6.45) is 1.95. The first-order valence-electron chi connectivity index (χ1n) is 4.78. The van der Waals surface area contributed by atoms with Gasteiger partial charge in [-0.1, -0.05) is 13.3 Å². The number of nitrogens with one attached hydrogen (secondary N) is 2. The Balaban J connectivity index is 3.50. The van der Waals surface area contributed by atoms with Crippen LogP contribution in [0.5, 0.6) is 0 Å². The number of carbonyl (C=O) groups is 2. The molecule has 0 aliphatic heterocycles. The Morgan fingerprint density at radius 2 is 2.00 bits per heavy atom. The van der Waals surface area contributed by atoms with Crippen LogP contribution in [-0.2, 0) is 9.59 Å². The van der Waals surface area contributed by atoms with E-state index in [-0.39, 0.29) is 25.0 Å². The monoisotopic (exact) mass is 202 g/mol. The van der Waals surface area contributed by atoms with Gasteiger partial charge in [-0.3, -0.25) is 14.9 Å². The number of amides is 1. The lowest BCUT2D eigenvalue weighted by atomic mass is 10.2. The van der Waals surface area contributed by atoms with Crippen LogP contribution in [0.15, 0.2) is 0 Å². The van der Waals surface area contributed by atoms with Crippen LogP contribution >= 0.6 is 0 Å². The maximum absolute atomic E-state index is 11.1. The largest absolute Gasteiger partial charge is 0.480 e. The van der Waals surface area contributed by atoms with Crippen LogP contribution in [0, 0.1) is 0 Å². The summed E-state index contributed by atoms with van der Waals surface area (Å²) in [5.74, 6) is -1.12. The Hall–Kier alpha value is -1.10. The van der Waals surface area contributed by atoms with Gasteiger partial charge in [0.2, 0.25) is 5.91 Å². The molecular weight excluding hydrogens is 184 g/mol. The van der Waals surface area contributed by atoms with Crippen molar-refractivity contribution in [3.8, 4) is 0 Å². The van der Waals surface area contributed by atoms with Gasteiger partial charge in [-0.05, 0) is 13.3 Å². The minimum Gasteiger partial charge on any atom is -0.480 e. The smallest absolute Gasteiger partial charge is 0.317 e. The predicted octanol–water partition coefficient (Wildman–Crippen LogP) is -0.0346. The lowest BCUT2D eigenvalue weighted by Crippen LogP contribution is -2.40. The molecule has 1 unspecified atom stereocenters. The molecule has 14 heavy (non-hydrogen) atoms. The van der Waals surface area contributed by atoms with Gasteiger partial charge in [0.25, 0.3) is 0 Å². The van der Waals surface area contributed by atoms with Gasteiger partial charge in [0.05, 0.1) is 13.1 Å². The molecule has 3 N–H and O–H groups in total. The van der Waals surface area contributed by atoms with Gasteiger partial charge in [-0.15, -0.1) is 0 Å². The molecule has 0 aromatic rings. The summed E-state index contributed by atoms with van der Waals surface area (Å²) in [7, 11) is 0. The molecule has 0 saturated carbocycles. The normalized spacial score (nSPS) is 12.1. The number of hydrogen-bond acceptors (Lipinski definition) is 3. The molecule has 0 bridgehead atoms. The second-order valence-corrected chi connectivity index (χ2v) is 3.25. The lowest BCUT2D eigenvalue weighted by molar-refractivity contribution is -0.136. The quantitative estimate of drug-likeness (QED) is 0.541. The molecule has 1 atom stereocenters. The fourth-order valence-electron chi connectivity index (χ4n) is 1.11. The highest BCUT2D eigenvalue weighted by atomic mass is 16.4. The predicted molar refractivity (Wildman–Crippen MR) is 53.0 cm³/mol. The number of carboxylic acid groups (broad SMARTS) is 1. The van der Waals surface area contributed by atoms with E-state index in [1.165, 1.54) is 0 Å². The van der Waals surface area contributed by atoms with Crippen molar-refractivity contribution in [3.05, 3.63) is 0 Å². The lowest BCUT2D eigenvalue weighted by Gasteiger charge is -2.12. The molecule has 0 aliphatic carbocycles. The molecule has 1 amide bonds. The molecule has 0 fully saturated rings. The molecule has 0 aliphatic rings. The van der Waals surface area contributed by atoms with Crippen LogP contribution in [0.2, 0.25) is 0 Å². The number of hydrogen-bond donors (Lipinski definition) is 3. The van der Waals surface area contributed by atoms with Crippen LogP contribution in [-0.4, -0.2) is 36.1 Å². The van der Waals surface area contributed by atoms with Crippen LogP contribution in [0.3, 0.4) is 0 Å². The highest BCUT2D eigenvalue weighted by Gasteiger charge is 2.06. The topological polar surface area (TPSA) is 78.4 Å². The standard InChI is InChI=1S/C9H18N2O3/c1-3-4-7(2)11-8(12)5-10-6-9(13)14/h7,10H,3-6H2,1-2H3,(H,11,12)(H,13,14). The zero-order valence-electron chi connectivity index (χ0n) is 8.67. The molecule has 0 saturated heterocycles. The van der Waals surface area contributed by atoms with Gasteiger partial charge in [-0.25, -0.2) is 0 Å². The van der Waals surface area contributed by atoms with Gasteiger partial charge in [0, 0.05) is 6.04 Å². The first kappa shape index (κ1) is 12.9. The molecular formula is C9H18N2O3. The van der Waals surface area contributed by atoms with Crippen molar-refractivity contribution < 1.29 is 14.7 Å². The highest BCUT2D eigenvalue weighted by Crippen LogP contribution is 1.93. The Kier molecular flexibility index (Phi) is 6.74. The summed E-state index contributed by atoms with van der Waals surface area (Å²) < 4.78 is 0. The maximum atomic E-state index is 11.1. The van der Waals surface area contributed by atoms with Crippen molar-refractivity contribution in [1.29, 1.82) is 0 Å². The summed E-state index contributed by atoms with van der Waals surface area (Å²) in [5.41, 5.74) is 0. The zero-order valence-corrected chi connectivity index (χ0v) is 8.67. The molecule has 0 heterocycles. The van der Waals surface area contributed by atoms with Crippen LogP contribution in [0.1, 0.15) is 26.7 Å². The van der Waals surface area contributed by atoms with Crippen molar-refractivity contribution in [3.63, 3.8) is 0 Å². The second-order valence-electron chi connectivity index (χ2n) is 3.25. The van der Waals surface area contributed by atoms with E-state index in [2.05, 4.69) is 10.6 Å². The average molecular weight is 202 g/mol. The molecule has 0 spiro atoms. The van der Waals surface area contributed by atoms with Crippen molar-refractivity contribution in [2.45, 2.75) is 32.7 Å². The van der Waals surface area contributed by atoms with Gasteiger partial charge >= 0.3 is 5.97 Å². The Morgan fingerprint density at radius 1 is 1.36 bits per heavy atom. The third kappa shape index (κ3) is 7.54. The van der Waals surface area contributed by atoms with E-state index < -0.39 is 5.97 Å². The van der Waals surface area contributed by atoms with E-state index in [9.17, 15) is 9.59 Å². The molecule has 0 radical (unpaired) electrons. The summed E-state index contributed by atoms with van der Waals surface area (Å²) >= 11 is 0. The summed E-state index contributed by atoms with van der Waals surface area (Å²) in [6, 6.07) is 0.152.